The Kier molecular flexibility index (Phi) is 2.92. The average molecular weight is 251 g/mol. The minimum atomic E-state index is -0.615. The van der Waals surface area contributed by atoms with E-state index in [9.17, 15) is 10.1 Å². The molecule has 0 unspecified atom stereocenters. The number of hydrogen-bond donors (Lipinski definition) is 2. The molecule has 0 spiro atoms. The Labute approximate surface area is 103 Å². The molecule has 0 aliphatic rings. The molecule has 2 N–H and O–H groups in total. The van der Waals surface area contributed by atoms with Crippen molar-refractivity contribution in [1.29, 1.82) is 0 Å². The molecule has 1 aromatic heterocycles. The van der Waals surface area contributed by atoms with Crippen molar-refractivity contribution >= 4 is 22.8 Å². The second-order valence-electron chi connectivity index (χ2n) is 4.57. The average Bonchev–Trinajstić information content (AvgIpc) is 2.69. The van der Waals surface area contributed by atoms with Crippen LogP contribution in [0.2, 0.25) is 0 Å². The molecule has 18 heavy (non-hydrogen) atoms. The number of nitrogens with one attached hydrogen (secondary N) is 1. The van der Waals surface area contributed by atoms with E-state index in [1.807, 2.05) is 0 Å². The van der Waals surface area contributed by atoms with Crippen LogP contribution < -0.4 is 5.32 Å². The highest BCUT2D eigenvalue weighted by atomic mass is 16.6. The summed E-state index contributed by atoms with van der Waals surface area (Å²) in [6.45, 7) is 3.40. The fourth-order valence-corrected chi connectivity index (χ4v) is 1.46. The standard InChI is InChI=1S/C11H13N3O4/c1-11(2,6-15)13-10-12-9-7(14(16)17)4-3-5-8(9)18-10/h3-5,15H,6H2,1-2H3,(H,12,13). The van der Waals surface area contributed by atoms with Crippen molar-refractivity contribution in [2.45, 2.75) is 19.4 Å². The molecule has 1 heterocycles. The summed E-state index contributed by atoms with van der Waals surface area (Å²) >= 11 is 0. The maximum absolute atomic E-state index is 10.8. The molecule has 0 radical (unpaired) electrons. The van der Waals surface area contributed by atoms with E-state index in [0.29, 0.717) is 5.58 Å². The molecular formula is C11H13N3O4. The van der Waals surface area contributed by atoms with E-state index >= 15 is 0 Å². The third-order valence-corrected chi connectivity index (χ3v) is 2.43. The normalized spacial score (nSPS) is 11.7. The van der Waals surface area contributed by atoms with Crippen molar-refractivity contribution in [2.24, 2.45) is 0 Å². The van der Waals surface area contributed by atoms with Crippen molar-refractivity contribution < 1.29 is 14.4 Å². The predicted molar refractivity (Wildman–Crippen MR) is 65.5 cm³/mol. The smallest absolute Gasteiger partial charge is 0.298 e. The van der Waals surface area contributed by atoms with E-state index in [1.54, 1.807) is 19.9 Å². The minimum absolute atomic E-state index is 0.105. The topological polar surface area (TPSA) is 101 Å². The van der Waals surface area contributed by atoms with Crippen molar-refractivity contribution in [3.05, 3.63) is 28.3 Å². The molecule has 0 fully saturated rings. The number of fused-ring (bicyclic) bond motifs is 1. The number of non-ortho nitro benzene ring substituents is 1. The quantitative estimate of drug-likeness (QED) is 0.635. The highest BCUT2D eigenvalue weighted by molar-refractivity contribution is 5.84. The summed E-state index contributed by atoms with van der Waals surface area (Å²) in [6, 6.07) is 4.66. The molecule has 7 heteroatoms. The number of benzene rings is 1. The van der Waals surface area contributed by atoms with Gasteiger partial charge in [-0.05, 0) is 19.9 Å². The zero-order chi connectivity index (χ0) is 13.3. The second-order valence-corrected chi connectivity index (χ2v) is 4.57. The van der Waals surface area contributed by atoms with Gasteiger partial charge >= 0.3 is 0 Å². The molecule has 96 valence electrons. The second kappa shape index (κ2) is 4.26. The van der Waals surface area contributed by atoms with E-state index in [2.05, 4.69) is 10.3 Å². The van der Waals surface area contributed by atoms with Gasteiger partial charge in [0.2, 0.25) is 0 Å². The molecule has 2 rings (SSSR count). The van der Waals surface area contributed by atoms with Crippen LogP contribution in [0.4, 0.5) is 11.7 Å². The van der Waals surface area contributed by atoms with Gasteiger partial charge in [-0.3, -0.25) is 10.1 Å². The molecule has 0 amide bonds. The summed E-state index contributed by atoms with van der Waals surface area (Å²) in [6.07, 6.45) is 0. The van der Waals surface area contributed by atoms with E-state index in [4.69, 9.17) is 9.52 Å². The van der Waals surface area contributed by atoms with E-state index < -0.39 is 10.5 Å². The Hall–Kier alpha value is -2.15. The van der Waals surface area contributed by atoms with Gasteiger partial charge in [-0.2, -0.15) is 4.98 Å². The van der Waals surface area contributed by atoms with E-state index in [1.165, 1.54) is 12.1 Å². The lowest BCUT2D eigenvalue weighted by Gasteiger charge is -2.21. The fraction of sp³-hybridized carbons (Fsp3) is 0.364. The van der Waals surface area contributed by atoms with Crippen LogP contribution in [0.1, 0.15) is 13.8 Å². The number of aliphatic hydroxyl groups is 1. The zero-order valence-electron chi connectivity index (χ0n) is 10.0. The first-order valence-corrected chi connectivity index (χ1v) is 5.36. The van der Waals surface area contributed by atoms with Gasteiger partial charge < -0.3 is 14.8 Å². The number of rotatable bonds is 4. The Balaban J connectivity index is 2.45. The molecular weight excluding hydrogens is 238 g/mol. The summed E-state index contributed by atoms with van der Waals surface area (Å²) in [5, 5.41) is 22.8. The summed E-state index contributed by atoms with van der Waals surface area (Å²) in [5.41, 5.74) is -0.194. The van der Waals surface area contributed by atoms with Gasteiger partial charge in [-0.1, -0.05) is 6.07 Å². The molecule has 1 aromatic carbocycles. The van der Waals surface area contributed by atoms with Crippen LogP contribution >= 0.6 is 0 Å². The molecule has 0 atom stereocenters. The number of anilines is 1. The Morgan fingerprint density at radius 2 is 2.28 bits per heavy atom. The first-order chi connectivity index (χ1) is 8.43. The fourth-order valence-electron chi connectivity index (χ4n) is 1.46. The lowest BCUT2D eigenvalue weighted by Crippen LogP contribution is -2.34. The van der Waals surface area contributed by atoms with E-state index in [-0.39, 0.29) is 23.8 Å². The van der Waals surface area contributed by atoms with Crippen LogP contribution in [0.5, 0.6) is 0 Å². The third kappa shape index (κ3) is 2.25. The third-order valence-electron chi connectivity index (χ3n) is 2.43. The number of para-hydroxylation sites is 1. The van der Waals surface area contributed by atoms with Gasteiger partial charge in [-0.15, -0.1) is 0 Å². The lowest BCUT2D eigenvalue weighted by atomic mass is 10.1. The number of aromatic nitrogens is 1. The van der Waals surface area contributed by atoms with Crippen molar-refractivity contribution in [1.82, 2.24) is 4.98 Å². The van der Waals surface area contributed by atoms with Crippen LogP contribution in [-0.2, 0) is 0 Å². The maximum atomic E-state index is 10.8. The molecule has 7 nitrogen and oxygen atoms in total. The van der Waals surface area contributed by atoms with Crippen LogP contribution in [0, 0.1) is 10.1 Å². The van der Waals surface area contributed by atoms with Gasteiger partial charge in [0.15, 0.2) is 11.1 Å². The lowest BCUT2D eigenvalue weighted by molar-refractivity contribution is -0.383. The molecule has 0 aliphatic heterocycles. The molecule has 0 aliphatic carbocycles. The summed E-state index contributed by atoms with van der Waals surface area (Å²) in [5.74, 6) is 0. The van der Waals surface area contributed by atoms with Crippen molar-refractivity contribution in [2.75, 3.05) is 11.9 Å². The number of aliphatic hydroxyl groups excluding tert-OH is 1. The number of oxazole rings is 1. The molecule has 2 aromatic rings. The van der Waals surface area contributed by atoms with Gasteiger partial charge in [0.05, 0.1) is 17.1 Å². The Morgan fingerprint density at radius 3 is 2.89 bits per heavy atom. The van der Waals surface area contributed by atoms with E-state index in [0.717, 1.165) is 0 Å². The largest absolute Gasteiger partial charge is 0.423 e. The first-order valence-electron chi connectivity index (χ1n) is 5.36. The van der Waals surface area contributed by atoms with Gasteiger partial charge in [0.1, 0.15) is 0 Å². The van der Waals surface area contributed by atoms with Crippen LogP contribution in [0.3, 0.4) is 0 Å². The zero-order valence-corrected chi connectivity index (χ0v) is 10.0. The van der Waals surface area contributed by atoms with Crippen LogP contribution in [-0.4, -0.2) is 27.2 Å². The highest BCUT2D eigenvalue weighted by Gasteiger charge is 2.22. The van der Waals surface area contributed by atoms with Crippen LogP contribution in [0.25, 0.3) is 11.1 Å². The van der Waals surface area contributed by atoms with Gasteiger partial charge in [0.25, 0.3) is 11.7 Å². The summed E-state index contributed by atoms with van der Waals surface area (Å²) in [7, 11) is 0. The Morgan fingerprint density at radius 1 is 1.56 bits per heavy atom. The van der Waals surface area contributed by atoms with Crippen molar-refractivity contribution in [3.63, 3.8) is 0 Å². The predicted octanol–water partition coefficient (Wildman–Crippen LogP) is 1.92. The van der Waals surface area contributed by atoms with Gasteiger partial charge in [-0.25, -0.2) is 0 Å². The monoisotopic (exact) mass is 251 g/mol. The van der Waals surface area contributed by atoms with Crippen molar-refractivity contribution in [3.8, 4) is 0 Å². The summed E-state index contributed by atoms with van der Waals surface area (Å²) in [4.78, 5) is 14.4. The SMILES string of the molecule is CC(C)(CO)Nc1nc2c([N+](=O)[O-])cccc2o1. The number of nitro groups is 1. The first kappa shape index (κ1) is 12.3. The number of hydrogen-bond acceptors (Lipinski definition) is 6. The maximum Gasteiger partial charge on any atom is 0.298 e. The number of nitrogens with zero attached hydrogens (tertiary/aromatic N) is 2. The summed E-state index contributed by atoms with van der Waals surface area (Å²) < 4.78 is 5.36. The number of nitro benzene ring substituents is 1. The molecule has 0 saturated carbocycles. The molecule has 0 saturated heterocycles. The van der Waals surface area contributed by atoms with Crippen LogP contribution in [0.15, 0.2) is 22.6 Å². The Bertz CT molecular complexity index is 591. The van der Waals surface area contributed by atoms with Gasteiger partial charge in [0, 0.05) is 6.07 Å². The molecule has 0 bridgehead atoms. The highest BCUT2D eigenvalue weighted by Crippen LogP contribution is 2.28. The minimum Gasteiger partial charge on any atom is -0.423 e.